The number of hydrogen-bond acceptors (Lipinski definition) is 4. The Morgan fingerprint density at radius 3 is 2.62 bits per heavy atom. The molecule has 7 heteroatoms. The molecule has 0 atom stereocenters. The number of benzene rings is 1. The van der Waals surface area contributed by atoms with E-state index in [0.29, 0.717) is 18.1 Å². The summed E-state index contributed by atoms with van der Waals surface area (Å²) in [6.07, 6.45) is 0. The van der Waals surface area contributed by atoms with Crippen LogP contribution in [0.4, 0.5) is 4.39 Å². The van der Waals surface area contributed by atoms with Gasteiger partial charge in [0.15, 0.2) is 5.76 Å². The third-order valence-electron chi connectivity index (χ3n) is 4.16. The Hall–Kier alpha value is -3.09. The predicted molar refractivity (Wildman–Crippen MR) is 93.3 cm³/mol. The average Bonchev–Trinajstić information content (AvgIpc) is 3.18. The highest BCUT2D eigenvalue weighted by Crippen LogP contribution is 2.16. The molecule has 6 nitrogen and oxygen atoms in total. The second-order valence-corrected chi connectivity index (χ2v) is 5.96. The SMILES string of the molecule is Cc1nn(C)c(C)c1CNC(=O)c1ccc(COc2ccc(F)cc2)o1. The highest BCUT2D eigenvalue weighted by molar-refractivity contribution is 5.91. The summed E-state index contributed by atoms with van der Waals surface area (Å²) in [6.45, 7) is 4.40. The summed E-state index contributed by atoms with van der Waals surface area (Å²) in [5, 5.41) is 7.16. The molecule has 1 amide bonds. The van der Waals surface area contributed by atoms with E-state index in [-0.39, 0.29) is 24.1 Å². The van der Waals surface area contributed by atoms with E-state index in [1.807, 2.05) is 20.9 Å². The number of aromatic nitrogens is 2. The Balaban J connectivity index is 1.56. The van der Waals surface area contributed by atoms with Gasteiger partial charge in [0.2, 0.25) is 0 Å². The largest absolute Gasteiger partial charge is 0.486 e. The molecule has 0 aliphatic carbocycles. The van der Waals surface area contributed by atoms with E-state index in [4.69, 9.17) is 9.15 Å². The summed E-state index contributed by atoms with van der Waals surface area (Å²) in [5.74, 6) is 0.612. The van der Waals surface area contributed by atoms with Gasteiger partial charge in [0, 0.05) is 24.8 Å². The van der Waals surface area contributed by atoms with Crippen LogP contribution in [0.25, 0.3) is 0 Å². The maximum atomic E-state index is 12.9. The van der Waals surface area contributed by atoms with E-state index in [1.165, 1.54) is 24.3 Å². The van der Waals surface area contributed by atoms with Gasteiger partial charge in [-0.25, -0.2) is 4.39 Å². The van der Waals surface area contributed by atoms with Crippen LogP contribution < -0.4 is 10.1 Å². The zero-order valence-electron chi connectivity index (χ0n) is 14.9. The van der Waals surface area contributed by atoms with Crippen LogP contribution in [0.5, 0.6) is 5.75 Å². The van der Waals surface area contributed by atoms with Crippen molar-refractivity contribution in [2.24, 2.45) is 7.05 Å². The highest BCUT2D eigenvalue weighted by atomic mass is 19.1. The van der Waals surface area contributed by atoms with Crippen molar-refractivity contribution in [1.29, 1.82) is 0 Å². The van der Waals surface area contributed by atoms with Gasteiger partial charge in [0.05, 0.1) is 5.69 Å². The molecular weight excluding hydrogens is 337 g/mol. The van der Waals surface area contributed by atoms with Crippen LogP contribution in [0.1, 0.15) is 33.3 Å². The van der Waals surface area contributed by atoms with Crippen LogP contribution in [0.3, 0.4) is 0 Å². The van der Waals surface area contributed by atoms with E-state index < -0.39 is 0 Å². The maximum absolute atomic E-state index is 12.9. The molecule has 3 rings (SSSR count). The van der Waals surface area contributed by atoms with Crippen LogP contribution in [-0.4, -0.2) is 15.7 Å². The summed E-state index contributed by atoms with van der Waals surface area (Å²) in [7, 11) is 1.87. The van der Waals surface area contributed by atoms with Gasteiger partial charge in [-0.05, 0) is 50.2 Å². The summed E-state index contributed by atoms with van der Waals surface area (Å²) >= 11 is 0. The monoisotopic (exact) mass is 357 g/mol. The van der Waals surface area contributed by atoms with Crippen molar-refractivity contribution >= 4 is 5.91 Å². The summed E-state index contributed by atoms with van der Waals surface area (Å²) in [4.78, 5) is 12.3. The maximum Gasteiger partial charge on any atom is 0.287 e. The lowest BCUT2D eigenvalue weighted by Crippen LogP contribution is -2.23. The number of furan rings is 1. The predicted octanol–water partition coefficient (Wildman–Crippen LogP) is 3.28. The van der Waals surface area contributed by atoms with Crippen LogP contribution in [0.2, 0.25) is 0 Å². The van der Waals surface area contributed by atoms with Crippen LogP contribution in [0, 0.1) is 19.7 Å². The Morgan fingerprint density at radius 2 is 1.96 bits per heavy atom. The average molecular weight is 357 g/mol. The normalized spacial score (nSPS) is 10.8. The highest BCUT2D eigenvalue weighted by Gasteiger charge is 2.14. The molecule has 0 saturated carbocycles. The van der Waals surface area contributed by atoms with Gasteiger partial charge in [0.1, 0.15) is 23.9 Å². The lowest BCUT2D eigenvalue weighted by molar-refractivity contribution is 0.0919. The van der Waals surface area contributed by atoms with E-state index in [0.717, 1.165) is 17.0 Å². The molecule has 0 radical (unpaired) electrons. The van der Waals surface area contributed by atoms with E-state index in [2.05, 4.69) is 10.4 Å². The Labute approximate surface area is 150 Å². The van der Waals surface area contributed by atoms with Crippen LogP contribution in [-0.2, 0) is 20.2 Å². The summed E-state index contributed by atoms with van der Waals surface area (Å²) < 4.78 is 25.7. The minimum Gasteiger partial charge on any atom is -0.486 e. The molecule has 26 heavy (non-hydrogen) atoms. The number of carbonyl (C=O) groups is 1. The second-order valence-electron chi connectivity index (χ2n) is 5.96. The molecule has 136 valence electrons. The fourth-order valence-corrected chi connectivity index (χ4v) is 2.59. The second kappa shape index (κ2) is 7.43. The molecule has 0 aliphatic heterocycles. The third-order valence-corrected chi connectivity index (χ3v) is 4.16. The van der Waals surface area contributed by atoms with Gasteiger partial charge in [-0.1, -0.05) is 0 Å². The fraction of sp³-hybridized carbons (Fsp3) is 0.263. The first-order valence-corrected chi connectivity index (χ1v) is 8.18. The molecule has 3 aromatic rings. The molecule has 0 fully saturated rings. The molecule has 2 heterocycles. The number of amides is 1. The first-order chi connectivity index (χ1) is 12.4. The van der Waals surface area contributed by atoms with Crippen LogP contribution >= 0.6 is 0 Å². The third kappa shape index (κ3) is 3.93. The Kier molecular flexibility index (Phi) is 5.06. The smallest absolute Gasteiger partial charge is 0.287 e. The van der Waals surface area contributed by atoms with Gasteiger partial charge in [-0.2, -0.15) is 5.10 Å². The van der Waals surface area contributed by atoms with Crippen molar-refractivity contribution in [3.63, 3.8) is 0 Å². The lowest BCUT2D eigenvalue weighted by Gasteiger charge is -2.05. The van der Waals surface area contributed by atoms with Gasteiger partial charge in [-0.3, -0.25) is 9.48 Å². The number of aryl methyl sites for hydroxylation is 2. The molecule has 0 bridgehead atoms. The van der Waals surface area contributed by atoms with Crippen molar-refractivity contribution < 1.29 is 18.3 Å². The molecular formula is C19H20FN3O3. The number of nitrogens with one attached hydrogen (secondary N) is 1. The van der Waals surface area contributed by atoms with Crippen LogP contribution in [0.15, 0.2) is 40.8 Å². The first-order valence-electron chi connectivity index (χ1n) is 8.18. The van der Waals surface area contributed by atoms with E-state index in [1.54, 1.807) is 16.8 Å². The van der Waals surface area contributed by atoms with Crippen molar-refractivity contribution in [2.45, 2.75) is 27.0 Å². The van der Waals surface area contributed by atoms with Gasteiger partial charge in [0.25, 0.3) is 5.91 Å². The zero-order chi connectivity index (χ0) is 18.7. The van der Waals surface area contributed by atoms with E-state index in [9.17, 15) is 9.18 Å². The summed E-state index contributed by atoms with van der Waals surface area (Å²) in [5.41, 5.74) is 2.89. The number of halogens is 1. The van der Waals surface area contributed by atoms with Crippen molar-refractivity contribution in [2.75, 3.05) is 0 Å². The van der Waals surface area contributed by atoms with Crippen molar-refractivity contribution in [3.8, 4) is 5.75 Å². The number of rotatable bonds is 6. The minimum atomic E-state index is -0.326. The zero-order valence-corrected chi connectivity index (χ0v) is 14.9. The molecule has 0 unspecified atom stereocenters. The molecule has 0 saturated heterocycles. The first kappa shape index (κ1) is 17.7. The lowest BCUT2D eigenvalue weighted by atomic mass is 10.2. The number of ether oxygens (including phenoxy) is 1. The summed E-state index contributed by atoms with van der Waals surface area (Å²) in [6, 6.07) is 8.98. The molecule has 1 N–H and O–H groups in total. The van der Waals surface area contributed by atoms with Gasteiger partial charge in [-0.15, -0.1) is 0 Å². The van der Waals surface area contributed by atoms with E-state index >= 15 is 0 Å². The van der Waals surface area contributed by atoms with Gasteiger partial charge < -0.3 is 14.5 Å². The Bertz CT molecular complexity index is 913. The van der Waals surface area contributed by atoms with Gasteiger partial charge >= 0.3 is 0 Å². The quantitative estimate of drug-likeness (QED) is 0.735. The fourth-order valence-electron chi connectivity index (χ4n) is 2.59. The molecule has 1 aromatic carbocycles. The minimum absolute atomic E-state index is 0.153. The molecule has 2 aromatic heterocycles. The van der Waals surface area contributed by atoms with Crippen molar-refractivity contribution in [1.82, 2.24) is 15.1 Å². The molecule has 0 aliphatic rings. The Morgan fingerprint density at radius 1 is 1.23 bits per heavy atom. The standard InChI is InChI=1S/C19H20FN3O3/c1-12-17(13(2)23(3)22-12)10-21-19(24)18-9-8-16(26-18)11-25-15-6-4-14(20)5-7-15/h4-9H,10-11H2,1-3H3,(H,21,24). The number of hydrogen-bond donors (Lipinski definition) is 1. The number of nitrogens with zero attached hydrogens (tertiary/aromatic N) is 2. The van der Waals surface area contributed by atoms with Crippen molar-refractivity contribution in [3.05, 3.63) is 70.7 Å². The number of carbonyl (C=O) groups excluding carboxylic acids is 1. The topological polar surface area (TPSA) is 69.3 Å². The molecule has 0 spiro atoms.